The maximum atomic E-state index is 12.7. The standard InChI is InChI=1S/C26H30N2O6/c1-3-15(2)22(25(30)31)28-24(29)23-21(12-13-33-23)27-26(32)34-14-20-18-10-6-4-8-16(18)17-9-5-7-11-19(17)20/h4-11,15,20-23H,3,12-14H2,1-2H3,(H,27,32)(H,28,29)(H,30,31). The predicted octanol–water partition coefficient (Wildman–Crippen LogP) is 3.30. The van der Waals surface area contributed by atoms with Crippen LogP contribution in [0.2, 0.25) is 0 Å². The fraction of sp³-hybridized carbons (Fsp3) is 0.423. The highest BCUT2D eigenvalue weighted by atomic mass is 16.6. The van der Waals surface area contributed by atoms with Gasteiger partial charge in [-0.15, -0.1) is 0 Å². The number of aliphatic carboxylic acids is 1. The van der Waals surface area contributed by atoms with Crippen LogP contribution in [0.3, 0.4) is 0 Å². The summed E-state index contributed by atoms with van der Waals surface area (Å²) in [5, 5.41) is 14.7. The van der Waals surface area contributed by atoms with Crippen molar-refractivity contribution < 1.29 is 29.0 Å². The first-order valence-electron chi connectivity index (χ1n) is 11.7. The molecule has 2 aliphatic rings. The third-order valence-corrected chi connectivity index (χ3v) is 6.77. The monoisotopic (exact) mass is 466 g/mol. The Balaban J connectivity index is 1.37. The Morgan fingerprint density at radius 1 is 1.09 bits per heavy atom. The number of alkyl carbamates (subject to hydrolysis) is 1. The number of carbonyl (C=O) groups is 3. The Kier molecular flexibility index (Phi) is 7.17. The summed E-state index contributed by atoms with van der Waals surface area (Å²) >= 11 is 0. The number of hydrogen-bond acceptors (Lipinski definition) is 5. The molecular weight excluding hydrogens is 436 g/mol. The molecule has 34 heavy (non-hydrogen) atoms. The van der Waals surface area contributed by atoms with Crippen molar-refractivity contribution in [3.05, 3.63) is 59.7 Å². The van der Waals surface area contributed by atoms with Crippen LogP contribution in [0.25, 0.3) is 11.1 Å². The highest BCUT2D eigenvalue weighted by molar-refractivity contribution is 5.87. The molecular formula is C26H30N2O6. The zero-order valence-electron chi connectivity index (χ0n) is 19.3. The minimum absolute atomic E-state index is 0.0658. The van der Waals surface area contributed by atoms with Gasteiger partial charge in [-0.25, -0.2) is 9.59 Å². The molecule has 1 aliphatic carbocycles. The molecule has 2 amide bonds. The molecule has 1 heterocycles. The van der Waals surface area contributed by atoms with Gasteiger partial charge in [0.25, 0.3) is 5.91 Å². The molecule has 1 saturated heterocycles. The van der Waals surface area contributed by atoms with Crippen molar-refractivity contribution in [3.8, 4) is 11.1 Å². The Morgan fingerprint density at radius 2 is 1.71 bits per heavy atom. The number of hydrogen-bond donors (Lipinski definition) is 3. The van der Waals surface area contributed by atoms with Crippen molar-refractivity contribution in [2.24, 2.45) is 5.92 Å². The van der Waals surface area contributed by atoms with E-state index in [1.54, 1.807) is 6.92 Å². The lowest BCUT2D eigenvalue weighted by Gasteiger charge is -2.24. The third kappa shape index (κ3) is 4.77. The maximum absolute atomic E-state index is 12.7. The van der Waals surface area contributed by atoms with Crippen LogP contribution in [0.5, 0.6) is 0 Å². The lowest BCUT2D eigenvalue weighted by molar-refractivity contribution is -0.145. The Labute approximate surface area is 198 Å². The van der Waals surface area contributed by atoms with E-state index < -0.39 is 36.2 Å². The number of carboxylic acids is 1. The van der Waals surface area contributed by atoms with E-state index in [0.717, 1.165) is 22.3 Å². The van der Waals surface area contributed by atoms with Crippen molar-refractivity contribution in [3.63, 3.8) is 0 Å². The van der Waals surface area contributed by atoms with E-state index >= 15 is 0 Å². The quantitative estimate of drug-likeness (QED) is 0.550. The predicted molar refractivity (Wildman–Crippen MR) is 125 cm³/mol. The van der Waals surface area contributed by atoms with E-state index in [2.05, 4.69) is 22.8 Å². The van der Waals surface area contributed by atoms with Crippen molar-refractivity contribution in [1.82, 2.24) is 10.6 Å². The molecule has 1 aliphatic heterocycles. The molecule has 4 rings (SSSR count). The molecule has 180 valence electrons. The van der Waals surface area contributed by atoms with Gasteiger partial charge in [0, 0.05) is 12.5 Å². The smallest absolute Gasteiger partial charge is 0.407 e. The lowest BCUT2D eigenvalue weighted by atomic mass is 9.98. The van der Waals surface area contributed by atoms with Gasteiger partial charge in [-0.1, -0.05) is 68.8 Å². The van der Waals surface area contributed by atoms with Crippen LogP contribution in [0.1, 0.15) is 43.7 Å². The maximum Gasteiger partial charge on any atom is 0.407 e. The van der Waals surface area contributed by atoms with E-state index in [-0.39, 0.29) is 25.0 Å². The molecule has 0 aromatic heterocycles. The van der Waals surface area contributed by atoms with Gasteiger partial charge in [0.05, 0.1) is 6.04 Å². The summed E-state index contributed by atoms with van der Waals surface area (Å²) in [6.07, 6.45) is -0.564. The van der Waals surface area contributed by atoms with Crippen LogP contribution < -0.4 is 10.6 Å². The number of nitrogens with one attached hydrogen (secondary N) is 2. The first-order valence-corrected chi connectivity index (χ1v) is 11.7. The molecule has 0 saturated carbocycles. The van der Waals surface area contributed by atoms with Crippen LogP contribution in [-0.2, 0) is 19.1 Å². The van der Waals surface area contributed by atoms with E-state index in [0.29, 0.717) is 12.8 Å². The van der Waals surface area contributed by atoms with E-state index in [9.17, 15) is 19.5 Å². The normalized spacial score (nSPS) is 20.6. The van der Waals surface area contributed by atoms with Gasteiger partial charge >= 0.3 is 12.1 Å². The molecule has 4 unspecified atom stereocenters. The van der Waals surface area contributed by atoms with Crippen molar-refractivity contribution in [1.29, 1.82) is 0 Å². The number of benzene rings is 2. The van der Waals surface area contributed by atoms with Crippen LogP contribution in [0.15, 0.2) is 48.5 Å². The minimum atomic E-state index is -1.10. The Hall–Kier alpha value is -3.39. The Bertz CT molecular complexity index is 1030. The van der Waals surface area contributed by atoms with Gasteiger partial charge in [-0.05, 0) is 34.6 Å². The third-order valence-electron chi connectivity index (χ3n) is 6.77. The molecule has 2 aromatic rings. The van der Waals surface area contributed by atoms with Crippen molar-refractivity contribution in [2.45, 2.75) is 50.8 Å². The SMILES string of the molecule is CCC(C)C(NC(=O)C1OCCC1NC(=O)OCC1c2ccccc2-c2ccccc21)C(=O)O. The average molecular weight is 467 g/mol. The van der Waals surface area contributed by atoms with Crippen LogP contribution in [0.4, 0.5) is 4.79 Å². The first kappa shape index (κ1) is 23.8. The van der Waals surface area contributed by atoms with Crippen LogP contribution in [-0.4, -0.2) is 54.5 Å². The molecule has 4 atom stereocenters. The molecule has 0 spiro atoms. The van der Waals surface area contributed by atoms with E-state index in [1.807, 2.05) is 43.3 Å². The first-order chi connectivity index (χ1) is 16.4. The van der Waals surface area contributed by atoms with Gasteiger partial charge < -0.3 is 25.2 Å². The van der Waals surface area contributed by atoms with Crippen molar-refractivity contribution >= 4 is 18.0 Å². The van der Waals surface area contributed by atoms with Crippen LogP contribution in [0, 0.1) is 5.92 Å². The largest absolute Gasteiger partial charge is 0.480 e. The fourth-order valence-electron chi connectivity index (χ4n) is 4.71. The van der Waals surface area contributed by atoms with Gasteiger partial charge in [0.15, 0.2) is 6.10 Å². The second-order valence-electron chi connectivity index (χ2n) is 8.87. The van der Waals surface area contributed by atoms with Gasteiger partial charge in [-0.3, -0.25) is 4.79 Å². The zero-order valence-corrected chi connectivity index (χ0v) is 19.3. The summed E-state index contributed by atoms with van der Waals surface area (Å²) in [7, 11) is 0. The van der Waals surface area contributed by atoms with Crippen molar-refractivity contribution in [2.75, 3.05) is 13.2 Å². The van der Waals surface area contributed by atoms with E-state index in [1.165, 1.54) is 0 Å². The van der Waals surface area contributed by atoms with Gasteiger partial charge in [0.2, 0.25) is 0 Å². The number of carboxylic acid groups (broad SMARTS) is 1. The highest BCUT2D eigenvalue weighted by Gasteiger charge is 2.38. The summed E-state index contributed by atoms with van der Waals surface area (Å²) in [6, 6.07) is 14.5. The molecule has 1 fully saturated rings. The number of carbonyl (C=O) groups excluding carboxylic acids is 2. The molecule has 0 radical (unpaired) electrons. The minimum Gasteiger partial charge on any atom is -0.480 e. The summed E-state index contributed by atoms with van der Waals surface area (Å²) < 4.78 is 11.1. The fourth-order valence-corrected chi connectivity index (χ4v) is 4.71. The molecule has 3 N–H and O–H groups in total. The molecule has 8 heteroatoms. The number of rotatable bonds is 8. The van der Waals surface area contributed by atoms with Gasteiger partial charge in [0.1, 0.15) is 12.6 Å². The highest BCUT2D eigenvalue weighted by Crippen LogP contribution is 2.44. The molecule has 2 aromatic carbocycles. The summed E-state index contributed by atoms with van der Waals surface area (Å²) in [5.74, 6) is -1.95. The second kappa shape index (κ2) is 10.3. The lowest BCUT2D eigenvalue weighted by Crippen LogP contribution is -2.53. The van der Waals surface area contributed by atoms with Gasteiger partial charge in [-0.2, -0.15) is 0 Å². The Morgan fingerprint density at radius 3 is 2.29 bits per heavy atom. The summed E-state index contributed by atoms with van der Waals surface area (Å²) in [5.41, 5.74) is 4.51. The molecule has 8 nitrogen and oxygen atoms in total. The van der Waals surface area contributed by atoms with Crippen LogP contribution >= 0.6 is 0 Å². The average Bonchev–Trinajstić information content (AvgIpc) is 3.43. The number of ether oxygens (including phenoxy) is 2. The summed E-state index contributed by atoms with van der Waals surface area (Å²) in [4.78, 5) is 36.9. The summed E-state index contributed by atoms with van der Waals surface area (Å²) in [6.45, 7) is 4.08. The topological polar surface area (TPSA) is 114 Å². The molecule has 0 bridgehead atoms. The van der Waals surface area contributed by atoms with E-state index in [4.69, 9.17) is 9.47 Å². The number of amides is 2. The number of fused-ring (bicyclic) bond motifs is 3. The second-order valence-corrected chi connectivity index (χ2v) is 8.87. The zero-order chi connectivity index (χ0) is 24.2.